The van der Waals surface area contributed by atoms with Gasteiger partial charge in [-0.1, -0.05) is 0 Å². The van der Waals surface area contributed by atoms with E-state index < -0.39 is 0 Å². The normalized spacial score (nSPS) is 10.3. The Labute approximate surface area is 88.2 Å². The van der Waals surface area contributed by atoms with E-state index in [9.17, 15) is 0 Å². The molecule has 0 aliphatic heterocycles. The standard InChI is InChI=1S/C10H13N5/c1-8-3-5-11-10(13-8)12-7-9-4-6-15(2)14-9/h3-6H,7H2,1-2H3,(H,11,12,13). The molecule has 0 saturated carbocycles. The summed E-state index contributed by atoms with van der Waals surface area (Å²) in [7, 11) is 1.90. The molecule has 2 rings (SSSR count). The van der Waals surface area contributed by atoms with Crippen LogP contribution in [-0.2, 0) is 13.6 Å². The van der Waals surface area contributed by atoms with Gasteiger partial charge in [0.05, 0.1) is 12.2 Å². The predicted octanol–water partition coefficient (Wildman–Crippen LogP) is 1.13. The van der Waals surface area contributed by atoms with Crippen molar-refractivity contribution in [3.8, 4) is 0 Å². The summed E-state index contributed by atoms with van der Waals surface area (Å²) >= 11 is 0. The van der Waals surface area contributed by atoms with Crippen LogP contribution in [0, 0.1) is 6.92 Å². The SMILES string of the molecule is Cc1ccnc(NCc2ccn(C)n2)n1. The monoisotopic (exact) mass is 203 g/mol. The highest BCUT2D eigenvalue weighted by Gasteiger charge is 1.98. The van der Waals surface area contributed by atoms with Crippen molar-refractivity contribution in [1.82, 2.24) is 19.7 Å². The van der Waals surface area contributed by atoms with Crippen LogP contribution in [-0.4, -0.2) is 19.7 Å². The lowest BCUT2D eigenvalue weighted by Crippen LogP contribution is -2.04. The molecule has 2 aromatic rings. The van der Waals surface area contributed by atoms with Gasteiger partial charge in [-0.25, -0.2) is 9.97 Å². The van der Waals surface area contributed by atoms with Gasteiger partial charge in [-0.2, -0.15) is 5.10 Å². The lowest BCUT2D eigenvalue weighted by atomic mass is 10.4. The van der Waals surface area contributed by atoms with Gasteiger partial charge in [-0.15, -0.1) is 0 Å². The van der Waals surface area contributed by atoms with E-state index in [0.29, 0.717) is 12.5 Å². The van der Waals surface area contributed by atoms with Gasteiger partial charge in [0.25, 0.3) is 0 Å². The highest BCUT2D eigenvalue weighted by Crippen LogP contribution is 2.01. The van der Waals surface area contributed by atoms with E-state index in [1.807, 2.05) is 32.3 Å². The minimum atomic E-state index is 0.639. The topological polar surface area (TPSA) is 55.6 Å². The smallest absolute Gasteiger partial charge is 0.223 e. The zero-order valence-corrected chi connectivity index (χ0v) is 8.81. The number of anilines is 1. The fourth-order valence-electron chi connectivity index (χ4n) is 1.26. The van der Waals surface area contributed by atoms with Gasteiger partial charge >= 0.3 is 0 Å². The van der Waals surface area contributed by atoms with Gasteiger partial charge in [0.1, 0.15) is 0 Å². The Morgan fingerprint density at radius 1 is 1.40 bits per heavy atom. The summed E-state index contributed by atoms with van der Waals surface area (Å²) < 4.78 is 1.77. The third-order valence-electron chi connectivity index (χ3n) is 1.99. The molecule has 0 aliphatic carbocycles. The lowest BCUT2D eigenvalue weighted by molar-refractivity contribution is 0.746. The van der Waals surface area contributed by atoms with Gasteiger partial charge in [0.15, 0.2) is 0 Å². The Morgan fingerprint density at radius 3 is 2.93 bits per heavy atom. The number of aryl methyl sites for hydroxylation is 2. The molecule has 1 N–H and O–H groups in total. The number of nitrogens with one attached hydrogen (secondary N) is 1. The first kappa shape index (κ1) is 9.64. The van der Waals surface area contributed by atoms with Crippen molar-refractivity contribution in [3.05, 3.63) is 35.9 Å². The second-order valence-electron chi connectivity index (χ2n) is 3.36. The van der Waals surface area contributed by atoms with Crippen LogP contribution in [0.3, 0.4) is 0 Å². The first-order chi connectivity index (χ1) is 7.24. The summed E-state index contributed by atoms with van der Waals surface area (Å²) in [4.78, 5) is 8.34. The molecule has 2 aromatic heterocycles. The maximum absolute atomic E-state index is 4.25. The van der Waals surface area contributed by atoms with Gasteiger partial charge in [0.2, 0.25) is 5.95 Å². The summed E-state index contributed by atoms with van der Waals surface area (Å²) in [6, 6.07) is 3.83. The number of hydrogen-bond donors (Lipinski definition) is 1. The van der Waals surface area contributed by atoms with E-state index >= 15 is 0 Å². The summed E-state index contributed by atoms with van der Waals surface area (Å²) in [5.74, 6) is 0.639. The molecule has 0 aliphatic rings. The first-order valence-electron chi connectivity index (χ1n) is 4.76. The fraction of sp³-hybridized carbons (Fsp3) is 0.300. The van der Waals surface area contributed by atoms with Crippen LogP contribution in [0.2, 0.25) is 0 Å². The third kappa shape index (κ3) is 2.52. The molecule has 5 heteroatoms. The predicted molar refractivity (Wildman–Crippen MR) is 57.3 cm³/mol. The van der Waals surface area contributed by atoms with Crippen molar-refractivity contribution in [2.45, 2.75) is 13.5 Å². The largest absolute Gasteiger partial charge is 0.348 e. The molecule has 5 nitrogen and oxygen atoms in total. The van der Waals surface area contributed by atoms with Crippen LogP contribution in [0.15, 0.2) is 24.5 Å². The Balaban J connectivity index is 1.99. The molecule has 0 amide bonds. The maximum atomic E-state index is 4.25. The number of aromatic nitrogens is 4. The van der Waals surface area contributed by atoms with E-state index in [1.54, 1.807) is 10.9 Å². The van der Waals surface area contributed by atoms with E-state index in [2.05, 4.69) is 20.4 Å². The van der Waals surface area contributed by atoms with Crippen LogP contribution in [0.1, 0.15) is 11.4 Å². The van der Waals surface area contributed by atoms with Crippen LogP contribution in [0.25, 0.3) is 0 Å². The minimum absolute atomic E-state index is 0.639. The quantitative estimate of drug-likeness (QED) is 0.812. The van der Waals surface area contributed by atoms with Gasteiger partial charge in [-0.05, 0) is 19.1 Å². The molecule has 0 bridgehead atoms. The molecule has 78 valence electrons. The summed E-state index contributed by atoms with van der Waals surface area (Å²) in [6.07, 6.45) is 3.65. The molecule has 0 saturated heterocycles. The molecule has 0 aromatic carbocycles. The Morgan fingerprint density at radius 2 is 2.27 bits per heavy atom. The van der Waals surface area contributed by atoms with Crippen molar-refractivity contribution in [1.29, 1.82) is 0 Å². The zero-order valence-electron chi connectivity index (χ0n) is 8.81. The molecule has 0 unspecified atom stereocenters. The summed E-state index contributed by atoms with van der Waals surface area (Å²) in [5, 5.41) is 7.36. The van der Waals surface area contributed by atoms with E-state index in [0.717, 1.165) is 11.4 Å². The van der Waals surface area contributed by atoms with Crippen molar-refractivity contribution in [2.24, 2.45) is 7.05 Å². The Bertz CT molecular complexity index is 449. The van der Waals surface area contributed by atoms with E-state index in [-0.39, 0.29) is 0 Å². The molecule has 2 heterocycles. The maximum Gasteiger partial charge on any atom is 0.223 e. The molecular formula is C10H13N5. The van der Waals surface area contributed by atoms with Crippen LogP contribution in [0.5, 0.6) is 0 Å². The average Bonchev–Trinajstić information content (AvgIpc) is 2.62. The van der Waals surface area contributed by atoms with Crippen LogP contribution in [0.4, 0.5) is 5.95 Å². The second kappa shape index (κ2) is 4.08. The van der Waals surface area contributed by atoms with Crippen molar-refractivity contribution in [2.75, 3.05) is 5.32 Å². The van der Waals surface area contributed by atoms with Crippen molar-refractivity contribution < 1.29 is 0 Å². The van der Waals surface area contributed by atoms with Crippen molar-refractivity contribution >= 4 is 5.95 Å². The number of nitrogens with zero attached hydrogens (tertiary/aromatic N) is 4. The molecule has 0 spiro atoms. The summed E-state index contributed by atoms with van der Waals surface area (Å²) in [5.41, 5.74) is 1.93. The van der Waals surface area contributed by atoms with E-state index in [4.69, 9.17) is 0 Å². The molecule has 0 fully saturated rings. The van der Waals surface area contributed by atoms with E-state index in [1.165, 1.54) is 0 Å². The molecule has 0 radical (unpaired) electrons. The third-order valence-corrected chi connectivity index (χ3v) is 1.99. The number of hydrogen-bond acceptors (Lipinski definition) is 4. The Hall–Kier alpha value is -1.91. The molecule has 0 atom stereocenters. The highest BCUT2D eigenvalue weighted by atomic mass is 15.3. The van der Waals surface area contributed by atoms with Gasteiger partial charge in [0, 0.05) is 25.1 Å². The molecular weight excluding hydrogens is 190 g/mol. The zero-order chi connectivity index (χ0) is 10.7. The van der Waals surface area contributed by atoms with Gasteiger partial charge < -0.3 is 5.32 Å². The second-order valence-corrected chi connectivity index (χ2v) is 3.36. The highest BCUT2D eigenvalue weighted by molar-refractivity contribution is 5.25. The van der Waals surface area contributed by atoms with Gasteiger partial charge in [-0.3, -0.25) is 4.68 Å². The molecule has 15 heavy (non-hydrogen) atoms. The lowest BCUT2D eigenvalue weighted by Gasteiger charge is -2.02. The average molecular weight is 203 g/mol. The summed E-state index contributed by atoms with van der Waals surface area (Å²) in [6.45, 7) is 2.58. The minimum Gasteiger partial charge on any atom is -0.348 e. The van der Waals surface area contributed by atoms with Crippen LogP contribution < -0.4 is 5.32 Å². The van der Waals surface area contributed by atoms with Crippen molar-refractivity contribution in [3.63, 3.8) is 0 Å². The Kier molecular flexibility index (Phi) is 2.62. The number of rotatable bonds is 3. The first-order valence-corrected chi connectivity index (χ1v) is 4.76. The van der Waals surface area contributed by atoms with Crippen LogP contribution >= 0.6 is 0 Å². The fourth-order valence-corrected chi connectivity index (χ4v) is 1.26.